The Hall–Kier alpha value is -4.37. The second kappa shape index (κ2) is 11.8. The van der Waals surface area contributed by atoms with Crippen LogP contribution in [0.4, 0.5) is 17.1 Å². The summed E-state index contributed by atoms with van der Waals surface area (Å²) in [5.74, 6) is -0.672. The summed E-state index contributed by atoms with van der Waals surface area (Å²) >= 11 is 0. The highest BCUT2D eigenvalue weighted by atomic mass is 16.6. The van der Waals surface area contributed by atoms with Gasteiger partial charge in [-0.1, -0.05) is 42.5 Å². The summed E-state index contributed by atoms with van der Waals surface area (Å²) in [4.78, 5) is 45.3. The minimum atomic E-state index is -0.765. The van der Waals surface area contributed by atoms with Crippen LogP contribution in [0.2, 0.25) is 0 Å². The quantitative estimate of drug-likeness (QED) is 0.251. The molecular weight excluding hydrogens is 506 g/mol. The van der Waals surface area contributed by atoms with Crippen molar-refractivity contribution in [1.29, 1.82) is 0 Å². The summed E-state index contributed by atoms with van der Waals surface area (Å²) in [6, 6.07) is 21.9. The van der Waals surface area contributed by atoms with Gasteiger partial charge in [-0.15, -0.1) is 0 Å². The van der Waals surface area contributed by atoms with Gasteiger partial charge in [-0.3, -0.25) is 24.7 Å². The summed E-state index contributed by atoms with van der Waals surface area (Å²) in [7, 11) is 3.64. The fourth-order valence-electron chi connectivity index (χ4n) is 5.47. The van der Waals surface area contributed by atoms with Crippen LogP contribution in [0.3, 0.4) is 0 Å². The maximum Gasteiger partial charge on any atom is 0.269 e. The van der Waals surface area contributed by atoms with Crippen LogP contribution in [0.5, 0.6) is 0 Å². The highest BCUT2D eigenvalue weighted by Gasteiger charge is 2.36. The number of amides is 2. The lowest BCUT2D eigenvalue weighted by molar-refractivity contribution is -0.384. The van der Waals surface area contributed by atoms with E-state index in [-0.39, 0.29) is 23.4 Å². The van der Waals surface area contributed by atoms with Gasteiger partial charge in [0.1, 0.15) is 5.92 Å². The van der Waals surface area contributed by atoms with Crippen LogP contribution in [0.25, 0.3) is 0 Å². The summed E-state index contributed by atoms with van der Waals surface area (Å²) in [6.07, 6.45) is 2.69. The van der Waals surface area contributed by atoms with Gasteiger partial charge in [-0.05, 0) is 61.7 Å². The van der Waals surface area contributed by atoms with E-state index in [9.17, 15) is 19.7 Å². The van der Waals surface area contributed by atoms with Gasteiger partial charge in [0.15, 0.2) is 0 Å². The molecule has 3 aromatic carbocycles. The van der Waals surface area contributed by atoms with Gasteiger partial charge in [0.25, 0.3) is 5.69 Å². The maximum absolute atomic E-state index is 13.1. The zero-order valence-corrected chi connectivity index (χ0v) is 22.7. The second-order valence-corrected chi connectivity index (χ2v) is 10.6. The average Bonchev–Trinajstić information content (AvgIpc) is 3.30. The van der Waals surface area contributed by atoms with E-state index < -0.39 is 10.8 Å². The normalized spacial score (nSPS) is 17.8. The Labute approximate surface area is 233 Å². The first-order valence-corrected chi connectivity index (χ1v) is 13.6. The van der Waals surface area contributed by atoms with Gasteiger partial charge in [-0.25, -0.2) is 0 Å². The summed E-state index contributed by atoms with van der Waals surface area (Å²) in [5.41, 5.74) is 4.26. The standard InChI is InChI=1S/C31H33N5O4/c1-34(2)31(38)23-15-18-35(19-16-23)17-14-21-8-10-24(11-9-21)32-29(22-6-4-3-5-7-22)28-26-20-25(36(39)40)12-13-27(26)33-30(28)37/h3-13,20,23,28H,14-19H2,1-2H3,(H,33,37). The van der Waals surface area contributed by atoms with Crippen molar-refractivity contribution in [2.75, 3.05) is 39.0 Å². The molecule has 1 unspecified atom stereocenters. The Morgan fingerprint density at radius 1 is 1.05 bits per heavy atom. The van der Waals surface area contributed by atoms with Crippen molar-refractivity contribution in [3.8, 4) is 0 Å². The molecule has 0 saturated carbocycles. The average molecular weight is 540 g/mol. The Bertz CT molecular complexity index is 1430. The molecule has 40 heavy (non-hydrogen) atoms. The maximum atomic E-state index is 13.1. The van der Waals surface area contributed by atoms with Crippen molar-refractivity contribution < 1.29 is 14.5 Å². The number of piperidine rings is 1. The van der Waals surface area contributed by atoms with Crippen molar-refractivity contribution >= 4 is 34.6 Å². The molecule has 9 heteroatoms. The fourth-order valence-corrected chi connectivity index (χ4v) is 5.47. The molecule has 2 amide bonds. The first kappa shape index (κ1) is 27.2. The van der Waals surface area contributed by atoms with E-state index >= 15 is 0 Å². The van der Waals surface area contributed by atoms with Gasteiger partial charge in [0.05, 0.1) is 16.3 Å². The van der Waals surface area contributed by atoms with Gasteiger partial charge in [0.2, 0.25) is 11.8 Å². The minimum Gasteiger partial charge on any atom is -0.349 e. The van der Waals surface area contributed by atoms with Crippen LogP contribution in [0.15, 0.2) is 77.8 Å². The van der Waals surface area contributed by atoms with Crippen molar-refractivity contribution in [3.63, 3.8) is 0 Å². The zero-order chi connectivity index (χ0) is 28.2. The number of nitro groups is 1. The Morgan fingerprint density at radius 3 is 2.40 bits per heavy atom. The number of hydrogen-bond donors (Lipinski definition) is 1. The number of nitro benzene ring substituents is 1. The number of carbonyl (C=O) groups is 2. The van der Waals surface area contributed by atoms with Crippen LogP contribution in [-0.4, -0.2) is 66.0 Å². The van der Waals surface area contributed by atoms with Gasteiger partial charge >= 0.3 is 0 Å². The third-order valence-corrected chi connectivity index (χ3v) is 7.70. The predicted molar refractivity (Wildman–Crippen MR) is 155 cm³/mol. The molecule has 0 radical (unpaired) electrons. The Balaban J connectivity index is 1.32. The minimum absolute atomic E-state index is 0.0643. The van der Waals surface area contributed by atoms with E-state index in [0.29, 0.717) is 22.6 Å². The molecule has 1 fully saturated rings. The van der Waals surface area contributed by atoms with Crippen LogP contribution < -0.4 is 5.32 Å². The first-order valence-electron chi connectivity index (χ1n) is 13.6. The third kappa shape index (κ3) is 5.94. The molecule has 2 heterocycles. The number of aliphatic imine (C=N–C) groups is 1. The monoisotopic (exact) mass is 539 g/mol. The molecule has 0 spiro atoms. The molecule has 2 aliphatic rings. The third-order valence-electron chi connectivity index (χ3n) is 7.70. The summed E-state index contributed by atoms with van der Waals surface area (Å²) < 4.78 is 0. The molecule has 0 aromatic heterocycles. The van der Waals surface area contributed by atoms with Gasteiger partial charge in [0, 0.05) is 49.9 Å². The smallest absolute Gasteiger partial charge is 0.269 e. The van der Waals surface area contributed by atoms with E-state index in [0.717, 1.165) is 44.5 Å². The van der Waals surface area contributed by atoms with Crippen molar-refractivity contribution in [3.05, 3.63) is 99.6 Å². The van der Waals surface area contributed by atoms with E-state index in [1.54, 1.807) is 11.0 Å². The molecule has 1 N–H and O–H groups in total. The lowest BCUT2D eigenvalue weighted by atomic mass is 9.90. The molecule has 206 valence electrons. The number of non-ortho nitro benzene ring substituents is 1. The second-order valence-electron chi connectivity index (χ2n) is 10.6. The molecule has 3 aromatic rings. The van der Waals surface area contributed by atoms with E-state index in [1.807, 2.05) is 56.6 Å². The zero-order valence-electron chi connectivity index (χ0n) is 22.7. The largest absolute Gasteiger partial charge is 0.349 e. The SMILES string of the molecule is CN(C)C(=O)C1CCN(CCc2ccc(N=C(c3ccccc3)C3C(=O)Nc4ccc([N+](=O)[O-])cc43)cc2)CC1. The number of nitrogens with zero attached hydrogens (tertiary/aromatic N) is 4. The number of rotatable bonds is 8. The molecular formula is C31H33N5O4. The predicted octanol–water partition coefficient (Wildman–Crippen LogP) is 4.79. The van der Waals surface area contributed by atoms with E-state index in [1.165, 1.54) is 17.7 Å². The lowest BCUT2D eigenvalue weighted by Gasteiger charge is -2.32. The number of likely N-dealkylation sites (tertiary alicyclic amines) is 1. The van der Waals surface area contributed by atoms with Crippen molar-refractivity contribution in [2.45, 2.75) is 25.2 Å². The van der Waals surface area contributed by atoms with Crippen molar-refractivity contribution in [1.82, 2.24) is 9.80 Å². The van der Waals surface area contributed by atoms with Crippen LogP contribution in [-0.2, 0) is 16.0 Å². The fraction of sp³-hybridized carbons (Fsp3) is 0.323. The molecule has 2 aliphatic heterocycles. The van der Waals surface area contributed by atoms with Crippen LogP contribution >= 0.6 is 0 Å². The first-order chi connectivity index (χ1) is 19.3. The van der Waals surface area contributed by atoms with Gasteiger partial charge in [-0.2, -0.15) is 0 Å². The number of carbonyl (C=O) groups excluding carboxylic acids is 2. The lowest BCUT2D eigenvalue weighted by Crippen LogP contribution is -2.40. The van der Waals surface area contributed by atoms with Crippen molar-refractivity contribution in [2.24, 2.45) is 10.9 Å². The van der Waals surface area contributed by atoms with Crippen LogP contribution in [0.1, 0.15) is 35.4 Å². The number of fused-ring (bicyclic) bond motifs is 1. The topological polar surface area (TPSA) is 108 Å². The highest BCUT2D eigenvalue weighted by molar-refractivity contribution is 6.24. The summed E-state index contributed by atoms with van der Waals surface area (Å²) in [6.45, 7) is 2.78. The van der Waals surface area contributed by atoms with E-state index in [4.69, 9.17) is 4.99 Å². The number of nitrogens with one attached hydrogen (secondary N) is 1. The number of hydrogen-bond acceptors (Lipinski definition) is 6. The summed E-state index contributed by atoms with van der Waals surface area (Å²) in [5, 5.41) is 14.3. The molecule has 5 rings (SSSR count). The van der Waals surface area contributed by atoms with Crippen LogP contribution in [0, 0.1) is 16.0 Å². The molecule has 0 bridgehead atoms. The Morgan fingerprint density at radius 2 is 1.75 bits per heavy atom. The molecule has 1 saturated heterocycles. The molecule has 1 atom stereocenters. The van der Waals surface area contributed by atoms with Gasteiger partial charge < -0.3 is 15.1 Å². The number of anilines is 1. The highest BCUT2D eigenvalue weighted by Crippen LogP contribution is 2.38. The van der Waals surface area contributed by atoms with E-state index in [2.05, 4.69) is 22.3 Å². The number of benzene rings is 3. The Kier molecular flexibility index (Phi) is 8.02. The molecule has 9 nitrogen and oxygen atoms in total. The molecule has 0 aliphatic carbocycles.